The average Bonchev–Trinajstić information content (AvgIpc) is 2.41. The van der Waals surface area contributed by atoms with Gasteiger partial charge in [0.15, 0.2) is 0 Å². The van der Waals surface area contributed by atoms with Crippen LogP contribution in [0.2, 0.25) is 0 Å². The summed E-state index contributed by atoms with van der Waals surface area (Å²) in [7, 11) is 0. The van der Waals surface area contributed by atoms with E-state index in [1.54, 1.807) is 13.0 Å². The maximum Gasteiger partial charge on any atom is 0.273 e. The minimum atomic E-state index is -0.599. The number of nitrogens with one attached hydrogen (secondary N) is 1. The molecule has 0 heterocycles. The van der Waals surface area contributed by atoms with Crippen LogP contribution in [0.1, 0.15) is 15.9 Å². The van der Waals surface area contributed by atoms with Crippen LogP contribution in [0, 0.1) is 22.9 Å². The fraction of sp³-hybridized carbons (Fsp3) is 0.0714. The van der Waals surface area contributed by atoms with E-state index < -0.39 is 16.6 Å². The number of carbonyl (C=O) groups excluding carboxylic acids is 1. The van der Waals surface area contributed by atoms with Crippen LogP contribution >= 0.6 is 0 Å². The molecule has 0 fully saturated rings. The third-order valence-electron chi connectivity index (χ3n) is 2.79. The highest BCUT2D eigenvalue weighted by Crippen LogP contribution is 2.20. The lowest BCUT2D eigenvalue weighted by molar-refractivity contribution is -0.385. The first-order chi connectivity index (χ1) is 9.49. The molecule has 0 saturated heterocycles. The topological polar surface area (TPSA) is 72.2 Å². The van der Waals surface area contributed by atoms with Gasteiger partial charge in [-0.25, -0.2) is 4.39 Å². The second kappa shape index (κ2) is 5.48. The maximum absolute atomic E-state index is 13.4. The van der Waals surface area contributed by atoms with Crippen molar-refractivity contribution in [1.82, 2.24) is 0 Å². The van der Waals surface area contributed by atoms with E-state index in [4.69, 9.17) is 0 Å². The first kappa shape index (κ1) is 13.7. The second-order valence-corrected chi connectivity index (χ2v) is 4.19. The lowest BCUT2D eigenvalue weighted by atomic mass is 10.1. The molecule has 6 heteroatoms. The number of nitro groups is 1. The Morgan fingerprint density at radius 2 is 1.95 bits per heavy atom. The van der Waals surface area contributed by atoms with Crippen molar-refractivity contribution < 1.29 is 14.1 Å². The fourth-order valence-electron chi connectivity index (χ4n) is 1.70. The standard InChI is InChI=1S/C14H11FN2O3/c1-9-6-7-10(8-13(9)17(19)20)14(18)16-12-5-3-2-4-11(12)15/h2-8H,1H3,(H,16,18). The van der Waals surface area contributed by atoms with Gasteiger partial charge in [-0.2, -0.15) is 0 Å². The van der Waals surface area contributed by atoms with E-state index in [0.29, 0.717) is 5.56 Å². The number of para-hydroxylation sites is 1. The molecule has 5 nitrogen and oxygen atoms in total. The van der Waals surface area contributed by atoms with Crippen LogP contribution in [0.5, 0.6) is 0 Å². The Bertz CT molecular complexity index is 686. The van der Waals surface area contributed by atoms with Crippen molar-refractivity contribution in [3.63, 3.8) is 0 Å². The van der Waals surface area contributed by atoms with Crippen LogP contribution in [0.3, 0.4) is 0 Å². The van der Waals surface area contributed by atoms with E-state index >= 15 is 0 Å². The first-order valence-electron chi connectivity index (χ1n) is 5.80. The molecule has 0 aliphatic heterocycles. The number of benzene rings is 2. The van der Waals surface area contributed by atoms with Crippen molar-refractivity contribution >= 4 is 17.3 Å². The van der Waals surface area contributed by atoms with E-state index in [0.717, 1.165) is 0 Å². The summed E-state index contributed by atoms with van der Waals surface area (Å²) in [6.07, 6.45) is 0. The highest BCUT2D eigenvalue weighted by molar-refractivity contribution is 6.04. The summed E-state index contributed by atoms with van der Waals surface area (Å²) >= 11 is 0. The zero-order chi connectivity index (χ0) is 14.7. The monoisotopic (exact) mass is 274 g/mol. The van der Waals surface area contributed by atoms with Gasteiger partial charge in [0.05, 0.1) is 10.6 Å². The molecule has 0 spiro atoms. The van der Waals surface area contributed by atoms with Gasteiger partial charge in [0, 0.05) is 17.2 Å². The number of nitro benzene ring substituents is 1. The Kier molecular flexibility index (Phi) is 3.74. The van der Waals surface area contributed by atoms with Gasteiger partial charge in [-0.3, -0.25) is 14.9 Å². The lowest BCUT2D eigenvalue weighted by Gasteiger charge is -2.06. The average molecular weight is 274 g/mol. The Labute approximate surface area is 114 Å². The maximum atomic E-state index is 13.4. The van der Waals surface area contributed by atoms with Crippen molar-refractivity contribution in [3.05, 3.63) is 69.5 Å². The van der Waals surface area contributed by atoms with Crippen molar-refractivity contribution in [2.45, 2.75) is 6.92 Å². The predicted octanol–water partition coefficient (Wildman–Crippen LogP) is 3.29. The molecular formula is C14H11FN2O3. The van der Waals surface area contributed by atoms with Crippen LogP contribution in [0.25, 0.3) is 0 Å². The zero-order valence-electron chi connectivity index (χ0n) is 10.6. The smallest absolute Gasteiger partial charge is 0.273 e. The number of halogens is 1. The van der Waals surface area contributed by atoms with Gasteiger partial charge in [-0.1, -0.05) is 18.2 Å². The van der Waals surface area contributed by atoms with Crippen LogP contribution in [0.15, 0.2) is 42.5 Å². The van der Waals surface area contributed by atoms with Crippen LogP contribution < -0.4 is 5.32 Å². The third-order valence-corrected chi connectivity index (χ3v) is 2.79. The van der Waals surface area contributed by atoms with Gasteiger partial charge in [0.1, 0.15) is 5.82 Å². The molecule has 0 aliphatic rings. The van der Waals surface area contributed by atoms with E-state index in [-0.39, 0.29) is 16.9 Å². The number of nitrogens with zero attached hydrogens (tertiary/aromatic N) is 1. The highest BCUT2D eigenvalue weighted by atomic mass is 19.1. The predicted molar refractivity (Wildman–Crippen MR) is 72.2 cm³/mol. The Morgan fingerprint density at radius 3 is 2.60 bits per heavy atom. The van der Waals surface area contributed by atoms with Crippen molar-refractivity contribution in [1.29, 1.82) is 0 Å². The molecule has 2 aromatic rings. The summed E-state index contributed by atoms with van der Waals surface area (Å²) in [6, 6.07) is 9.82. The minimum absolute atomic E-state index is 0.0285. The fourth-order valence-corrected chi connectivity index (χ4v) is 1.70. The lowest BCUT2D eigenvalue weighted by Crippen LogP contribution is -2.13. The summed E-state index contributed by atoms with van der Waals surface area (Å²) in [4.78, 5) is 22.2. The Morgan fingerprint density at radius 1 is 1.25 bits per heavy atom. The molecule has 20 heavy (non-hydrogen) atoms. The zero-order valence-corrected chi connectivity index (χ0v) is 10.6. The quantitative estimate of drug-likeness (QED) is 0.689. The largest absolute Gasteiger partial charge is 0.319 e. The minimum Gasteiger partial charge on any atom is -0.319 e. The van der Waals surface area contributed by atoms with Gasteiger partial charge in [0.25, 0.3) is 11.6 Å². The van der Waals surface area contributed by atoms with Crippen molar-refractivity contribution in [3.8, 4) is 0 Å². The number of anilines is 1. The third kappa shape index (κ3) is 2.80. The summed E-state index contributed by atoms with van der Waals surface area (Å²) in [5.41, 5.74) is 0.440. The molecule has 2 rings (SSSR count). The van der Waals surface area contributed by atoms with E-state index in [1.807, 2.05) is 0 Å². The number of aryl methyl sites for hydroxylation is 1. The molecule has 0 unspecified atom stereocenters. The summed E-state index contributed by atoms with van der Waals surface area (Å²) in [5, 5.41) is 13.2. The molecule has 0 atom stereocenters. The molecular weight excluding hydrogens is 263 g/mol. The van der Waals surface area contributed by atoms with Crippen LogP contribution in [-0.2, 0) is 0 Å². The second-order valence-electron chi connectivity index (χ2n) is 4.19. The molecule has 0 bridgehead atoms. The van der Waals surface area contributed by atoms with Gasteiger partial charge in [-0.05, 0) is 25.1 Å². The Hall–Kier alpha value is -2.76. The van der Waals surface area contributed by atoms with Crippen LogP contribution in [-0.4, -0.2) is 10.8 Å². The molecule has 0 radical (unpaired) electrons. The van der Waals surface area contributed by atoms with E-state index in [2.05, 4.69) is 5.32 Å². The van der Waals surface area contributed by atoms with E-state index in [9.17, 15) is 19.3 Å². The van der Waals surface area contributed by atoms with Gasteiger partial charge < -0.3 is 5.32 Å². The molecule has 0 saturated carbocycles. The van der Waals surface area contributed by atoms with Crippen molar-refractivity contribution in [2.24, 2.45) is 0 Å². The number of hydrogen-bond acceptors (Lipinski definition) is 3. The number of rotatable bonds is 3. The van der Waals surface area contributed by atoms with E-state index in [1.165, 1.54) is 36.4 Å². The molecule has 0 aliphatic carbocycles. The highest BCUT2D eigenvalue weighted by Gasteiger charge is 2.15. The normalized spacial score (nSPS) is 10.1. The van der Waals surface area contributed by atoms with Gasteiger partial charge in [0.2, 0.25) is 0 Å². The van der Waals surface area contributed by atoms with Gasteiger partial charge in [-0.15, -0.1) is 0 Å². The number of hydrogen-bond donors (Lipinski definition) is 1. The first-order valence-corrected chi connectivity index (χ1v) is 5.80. The molecule has 1 N–H and O–H groups in total. The summed E-state index contributed by atoms with van der Waals surface area (Å²) in [6.45, 7) is 1.58. The molecule has 1 amide bonds. The number of carbonyl (C=O) groups is 1. The molecule has 102 valence electrons. The number of amides is 1. The van der Waals surface area contributed by atoms with Gasteiger partial charge >= 0.3 is 0 Å². The SMILES string of the molecule is Cc1ccc(C(=O)Nc2ccccc2F)cc1[N+](=O)[O-]. The molecule has 2 aromatic carbocycles. The van der Waals surface area contributed by atoms with Crippen molar-refractivity contribution in [2.75, 3.05) is 5.32 Å². The summed E-state index contributed by atoms with van der Waals surface area (Å²) in [5.74, 6) is -1.17. The van der Waals surface area contributed by atoms with Crippen LogP contribution in [0.4, 0.5) is 15.8 Å². The summed E-state index contributed by atoms with van der Waals surface area (Å²) < 4.78 is 13.4. The molecule has 0 aromatic heterocycles. The Balaban J connectivity index is 2.28.